The average molecular weight is 149 g/mol. The van der Waals surface area contributed by atoms with Crippen LogP contribution < -0.4 is 5.32 Å². The van der Waals surface area contributed by atoms with Gasteiger partial charge in [-0.15, -0.1) is 0 Å². The van der Waals surface area contributed by atoms with E-state index in [4.69, 9.17) is 14.6 Å². The van der Waals surface area contributed by atoms with Gasteiger partial charge < -0.3 is 19.9 Å². The summed E-state index contributed by atoms with van der Waals surface area (Å²) >= 11 is 0. The maximum Gasteiger partial charge on any atom is 0.169 e. The number of hydrogen-bond acceptors (Lipinski definition) is 4. The maximum atomic E-state index is 8.38. The molecule has 0 saturated carbocycles. The van der Waals surface area contributed by atoms with E-state index in [9.17, 15) is 0 Å². The van der Waals surface area contributed by atoms with Crippen LogP contribution in [0.5, 0.6) is 0 Å². The molecule has 0 aliphatic heterocycles. The third-order valence-corrected chi connectivity index (χ3v) is 1.13. The maximum absolute atomic E-state index is 8.38. The Morgan fingerprint density at radius 2 is 2.00 bits per heavy atom. The zero-order chi connectivity index (χ0) is 7.82. The van der Waals surface area contributed by atoms with Gasteiger partial charge in [-0.05, 0) is 0 Å². The summed E-state index contributed by atoms with van der Waals surface area (Å²) in [6.45, 7) is 1.32. The van der Waals surface area contributed by atoms with Crippen molar-refractivity contribution in [2.75, 3.05) is 33.9 Å². The van der Waals surface area contributed by atoms with Crippen molar-refractivity contribution in [2.24, 2.45) is 0 Å². The third-order valence-electron chi connectivity index (χ3n) is 1.13. The molecular formula is C6H15NO3. The Bertz CT molecular complexity index is 66.0. The smallest absolute Gasteiger partial charge is 0.169 e. The molecule has 10 heavy (non-hydrogen) atoms. The Labute approximate surface area is 61.1 Å². The van der Waals surface area contributed by atoms with Gasteiger partial charge in [0.1, 0.15) is 0 Å². The normalized spacial score (nSPS) is 10.8. The van der Waals surface area contributed by atoms with Crippen LogP contribution in [0.15, 0.2) is 0 Å². The first-order valence-electron chi connectivity index (χ1n) is 3.22. The lowest BCUT2D eigenvalue weighted by Crippen LogP contribution is -2.31. The van der Waals surface area contributed by atoms with Gasteiger partial charge in [0.2, 0.25) is 0 Å². The van der Waals surface area contributed by atoms with Gasteiger partial charge in [0.25, 0.3) is 0 Å². The van der Waals surface area contributed by atoms with Gasteiger partial charge in [-0.25, -0.2) is 0 Å². The highest BCUT2D eigenvalue weighted by atomic mass is 16.7. The van der Waals surface area contributed by atoms with Crippen molar-refractivity contribution in [2.45, 2.75) is 6.29 Å². The molecule has 0 atom stereocenters. The van der Waals surface area contributed by atoms with Crippen LogP contribution in [0.25, 0.3) is 0 Å². The quantitative estimate of drug-likeness (QED) is 0.383. The van der Waals surface area contributed by atoms with Crippen molar-refractivity contribution in [1.29, 1.82) is 0 Å². The minimum absolute atomic E-state index is 0.139. The zero-order valence-electron chi connectivity index (χ0n) is 6.46. The van der Waals surface area contributed by atoms with E-state index < -0.39 is 0 Å². The lowest BCUT2D eigenvalue weighted by molar-refractivity contribution is -0.0988. The molecule has 0 aliphatic carbocycles. The molecule has 0 spiro atoms. The molecule has 0 aromatic carbocycles. The fraction of sp³-hybridized carbons (Fsp3) is 1.00. The number of ether oxygens (including phenoxy) is 2. The summed E-state index contributed by atoms with van der Waals surface area (Å²) in [6.07, 6.45) is -0.216. The second-order valence-corrected chi connectivity index (χ2v) is 1.83. The summed E-state index contributed by atoms with van der Waals surface area (Å²) in [5.41, 5.74) is 0. The Kier molecular flexibility index (Phi) is 6.84. The van der Waals surface area contributed by atoms with Crippen LogP contribution in [0, 0.1) is 0 Å². The molecule has 0 rings (SSSR count). The fourth-order valence-electron chi connectivity index (χ4n) is 0.562. The highest BCUT2D eigenvalue weighted by Crippen LogP contribution is 1.86. The van der Waals surface area contributed by atoms with E-state index >= 15 is 0 Å². The third kappa shape index (κ3) is 4.69. The van der Waals surface area contributed by atoms with Crippen molar-refractivity contribution in [3.63, 3.8) is 0 Å². The lowest BCUT2D eigenvalue weighted by Gasteiger charge is -2.12. The summed E-state index contributed by atoms with van der Waals surface area (Å²) in [7, 11) is 3.16. The van der Waals surface area contributed by atoms with E-state index in [0.717, 1.165) is 0 Å². The Balaban J connectivity index is 3.09. The van der Waals surface area contributed by atoms with Gasteiger partial charge in [0, 0.05) is 27.3 Å². The molecule has 62 valence electrons. The topological polar surface area (TPSA) is 50.7 Å². The molecule has 0 aromatic rings. The van der Waals surface area contributed by atoms with Gasteiger partial charge in [-0.2, -0.15) is 0 Å². The van der Waals surface area contributed by atoms with Gasteiger partial charge in [0.05, 0.1) is 6.61 Å². The number of hydrogen-bond donors (Lipinski definition) is 2. The highest BCUT2D eigenvalue weighted by molar-refractivity contribution is 4.48. The summed E-state index contributed by atoms with van der Waals surface area (Å²) in [5, 5.41) is 11.3. The molecule has 0 unspecified atom stereocenters. The molecule has 2 N–H and O–H groups in total. The van der Waals surface area contributed by atoms with Crippen LogP contribution in [0.2, 0.25) is 0 Å². The molecule has 0 aromatic heterocycles. The number of aliphatic hydroxyl groups is 1. The van der Waals surface area contributed by atoms with Gasteiger partial charge in [-0.3, -0.25) is 0 Å². The molecular weight excluding hydrogens is 134 g/mol. The van der Waals surface area contributed by atoms with Crippen LogP contribution in [-0.4, -0.2) is 45.3 Å². The molecule has 4 heteroatoms. The molecule has 0 saturated heterocycles. The van der Waals surface area contributed by atoms with Crippen LogP contribution in [0.3, 0.4) is 0 Å². The van der Waals surface area contributed by atoms with Gasteiger partial charge >= 0.3 is 0 Å². The second kappa shape index (κ2) is 6.95. The van der Waals surface area contributed by atoms with E-state index in [0.29, 0.717) is 13.1 Å². The first kappa shape index (κ1) is 9.84. The summed E-state index contributed by atoms with van der Waals surface area (Å²) < 4.78 is 9.76. The van der Waals surface area contributed by atoms with Gasteiger partial charge in [-0.1, -0.05) is 0 Å². The van der Waals surface area contributed by atoms with Crippen LogP contribution in [0.4, 0.5) is 0 Å². The predicted octanol–water partition coefficient (Wildman–Crippen LogP) is -0.813. The Hall–Kier alpha value is -0.160. The number of rotatable bonds is 6. The standard InChI is InChI=1S/C6H15NO3/c1-9-6(10-2)5-7-3-4-8/h6-8H,3-5H2,1-2H3. The van der Waals surface area contributed by atoms with Crippen molar-refractivity contribution in [3.05, 3.63) is 0 Å². The number of nitrogens with one attached hydrogen (secondary N) is 1. The first-order chi connectivity index (χ1) is 4.85. The van der Waals surface area contributed by atoms with Crippen LogP contribution in [0.1, 0.15) is 0 Å². The Morgan fingerprint density at radius 1 is 1.40 bits per heavy atom. The SMILES string of the molecule is COC(CNCCO)OC. The Morgan fingerprint density at radius 3 is 2.40 bits per heavy atom. The van der Waals surface area contributed by atoms with Crippen molar-refractivity contribution >= 4 is 0 Å². The van der Waals surface area contributed by atoms with E-state index in [-0.39, 0.29) is 12.9 Å². The molecule has 0 heterocycles. The predicted molar refractivity (Wildman–Crippen MR) is 37.8 cm³/mol. The van der Waals surface area contributed by atoms with Crippen molar-refractivity contribution in [3.8, 4) is 0 Å². The van der Waals surface area contributed by atoms with E-state index in [1.54, 1.807) is 14.2 Å². The van der Waals surface area contributed by atoms with E-state index in [1.807, 2.05) is 0 Å². The zero-order valence-corrected chi connectivity index (χ0v) is 6.46. The largest absolute Gasteiger partial charge is 0.395 e. The average Bonchev–Trinajstić information content (AvgIpc) is 1.99. The number of aliphatic hydroxyl groups excluding tert-OH is 1. The van der Waals surface area contributed by atoms with Crippen molar-refractivity contribution < 1.29 is 14.6 Å². The number of methoxy groups -OCH3 is 2. The molecule has 4 nitrogen and oxygen atoms in total. The molecule has 0 fully saturated rings. The monoisotopic (exact) mass is 149 g/mol. The highest BCUT2D eigenvalue weighted by Gasteiger charge is 2.01. The van der Waals surface area contributed by atoms with Crippen LogP contribution in [-0.2, 0) is 9.47 Å². The first-order valence-corrected chi connectivity index (χ1v) is 3.22. The molecule has 0 bridgehead atoms. The molecule has 0 amide bonds. The van der Waals surface area contributed by atoms with Gasteiger partial charge in [0.15, 0.2) is 6.29 Å². The molecule has 0 aliphatic rings. The summed E-state index contributed by atoms with van der Waals surface area (Å²) in [5.74, 6) is 0. The minimum Gasteiger partial charge on any atom is -0.395 e. The van der Waals surface area contributed by atoms with Crippen molar-refractivity contribution in [1.82, 2.24) is 5.32 Å². The van der Waals surface area contributed by atoms with Crippen LogP contribution >= 0.6 is 0 Å². The summed E-state index contributed by atoms with van der Waals surface area (Å²) in [4.78, 5) is 0. The second-order valence-electron chi connectivity index (χ2n) is 1.83. The summed E-state index contributed by atoms with van der Waals surface area (Å²) in [6, 6.07) is 0. The van der Waals surface area contributed by atoms with E-state index in [2.05, 4.69) is 5.32 Å². The van der Waals surface area contributed by atoms with E-state index in [1.165, 1.54) is 0 Å². The lowest BCUT2D eigenvalue weighted by atomic mass is 10.5. The fourth-order valence-corrected chi connectivity index (χ4v) is 0.562. The molecule has 0 radical (unpaired) electrons. The minimum atomic E-state index is -0.216.